The fraction of sp³-hybridized carbons (Fsp3) is 0.905. The molecule has 0 saturated carbocycles. The van der Waals surface area contributed by atoms with Crippen molar-refractivity contribution >= 4 is 12.4 Å². The summed E-state index contributed by atoms with van der Waals surface area (Å²) in [5, 5.41) is 0. The molecular formula is C21H44ClN. The first kappa shape index (κ1) is 25.2. The van der Waals surface area contributed by atoms with E-state index in [2.05, 4.69) is 27.4 Å². The quantitative estimate of drug-likeness (QED) is 0.228. The van der Waals surface area contributed by atoms with Gasteiger partial charge in [0.2, 0.25) is 0 Å². The van der Waals surface area contributed by atoms with Crippen molar-refractivity contribution in [2.45, 2.75) is 117 Å². The predicted octanol–water partition coefficient (Wildman–Crippen LogP) is 7.43. The molecule has 0 saturated heterocycles. The Morgan fingerprint density at radius 3 is 1.48 bits per heavy atom. The Kier molecular flexibility index (Phi) is 18.5. The zero-order valence-corrected chi connectivity index (χ0v) is 17.1. The largest absolute Gasteiger partial charge is 0.324 e. The van der Waals surface area contributed by atoms with E-state index >= 15 is 0 Å². The zero-order chi connectivity index (χ0) is 16.7. The molecule has 0 aliphatic rings. The summed E-state index contributed by atoms with van der Waals surface area (Å²) in [6.07, 6.45) is 21.5. The minimum absolute atomic E-state index is 0. The van der Waals surface area contributed by atoms with E-state index < -0.39 is 0 Å². The van der Waals surface area contributed by atoms with Crippen LogP contribution in [0.2, 0.25) is 0 Å². The van der Waals surface area contributed by atoms with Crippen molar-refractivity contribution < 1.29 is 0 Å². The number of hydrogen-bond donors (Lipinski definition) is 1. The normalized spacial score (nSPS) is 12.7. The molecule has 2 N–H and O–H groups in total. The molecule has 0 fully saturated rings. The average molecular weight is 346 g/mol. The standard InChI is InChI=1S/C21H43N.ClH/c1-5-7-8-9-10-11-12-13-14-15-16-17-18-19-21(3,4)20(22)6-2;/h6,20H,2,5,7-19,22H2,1,3-4H3;1H. The monoisotopic (exact) mass is 345 g/mol. The molecule has 0 rings (SSSR count). The van der Waals surface area contributed by atoms with Gasteiger partial charge in [0, 0.05) is 6.04 Å². The fourth-order valence-corrected chi connectivity index (χ4v) is 3.08. The lowest BCUT2D eigenvalue weighted by atomic mass is 9.80. The molecule has 1 nitrogen and oxygen atoms in total. The number of hydrogen-bond acceptors (Lipinski definition) is 1. The molecule has 0 spiro atoms. The number of rotatable bonds is 16. The summed E-state index contributed by atoms with van der Waals surface area (Å²) in [6.45, 7) is 10.6. The van der Waals surface area contributed by atoms with Crippen molar-refractivity contribution in [1.82, 2.24) is 0 Å². The van der Waals surface area contributed by atoms with Gasteiger partial charge in [-0.15, -0.1) is 19.0 Å². The summed E-state index contributed by atoms with van der Waals surface area (Å²) in [6, 6.07) is 0.129. The van der Waals surface area contributed by atoms with Gasteiger partial charge in [0.15, 0.2) is 0 Å². The molecule has 0 aromatic heterocycles. The van der Waals surface area contributed by atoms with Crippen molar-refractivity contribution in [3.05, 3.63) is 12.7 Å². The highest BCUT2D eigenvalue weighted by Gasteiger charge is 2.23. The van der Waals surface area contributed by atoms with Crippen molar-refractivity contribution in [2.24, 2.45) is 11.1 Å². The highest BCUT2D eigenvalue weighted by molar-refractivity contribution is 5.85. The Bertz CT molecular complexity index is 250. The summed E-state index contributed by atoms with van der Waals surface area (Å²) < 4.78 is 0. The third-order valence-electron chi connectivity index (χ3n) is 5.08. The smallest absolute Gasteiger partial charge is 0.0273 e. The lowest BCUT2D eigenvalue weighted by molar-refractivity contribution is 0.285. The van der Waals surface area contributed by atoms with E-state index in [1.807, 2.05) is 6.08 Å². The minimum Gasteiger partial charge on any atom is -0.324 e. The maximum Gasteiger partial charge on any atom is 0.0273 e. The van der Waals surface area contributed by atoms with Crippen molar-refractivity contribution in [3.63, 3.8) is 0 Å². The molecule has 1 unspecified atom stereocenters. The predicted molar refractivity (Wildman–Crippen MR) is 110 cm³/mol. The Morgan fingerprint density at radius 1 is 0.783 bits per heavy atom. The van der Waals surface area contributed by atoms with Crippen LogP contribution >= 0.6 is 12.4 Å². The van der Waals surface area contributed by atoms with Gasteiger partial charge in [-0.3, -0.25) is 0 Å². The van der Waals surface area contributed by atoms with Gasteiger partial charge in [-0.2, -0.15) is 0 Å². The Morgan fingerprint density at radius 2 is 1.13 bits per heavy atom. The second-order valence-corrected chi connectivity index (χ2v) is 7.74. The van der Waals surface area contributed by atoms with E-state index in [4.69, 9.17) is 5.73 Å². The van der Waals surface area contributed by atoms with Crippen LogP contribution in [-0.4, -0.2) is 6.04 Å². The van der Waals surface area contributed by atoms with Crippen LogP contribution < -0.4 is 5.73 Å². The lowest BCUT2D eigenvalue weighted by Gasteiger charge is -2.29. The molecule has 0 bridgehead atoms. The Hall–Kier alpha value is -0.0100. The minimum atomic E-state index is 0. The Labute approximate surface area is 153 Å². The highest BCUT2D eigenvalue weighted by Crippen LogP contribution is 2.27. The fourth-order valence-electron chi connectivity index (χ4n) is 3.08. The van der Waals surface area contributed by atoms with Crippen LogP contribution in [0, 0.1) is 5.41 Å². The van der Waals surface area contributed by atoms with Gasteiger partial charge < -0.3 is 5.73 Å². The van der Waals surface area contributed by atoms with Gasteiger partial charge in [-0.25, -0.2) is 0 Å². The van der Waals surface area contributed by atoms with E-state index in [1.54, 1.807) is 0 Å². The average Bonchev–Trinajstić information content (AvgIpc) is 2.50. The highest BCUT2D eigenvalue weighted by atomic mass is 35.5. The number of unbranched alkanes of at least 4 members (excludes halogenated alkanes) is 12. The first-order valence-electron chi connectivity index (χ1n) is 9.92. The molecular weight excluding hydrogens is 302 g/mol. The van der Waals surface area contributed by atoms with Crippen LogP contribution in [0.1, 0.15) is 111 Å². The molecule has 2 heteroatoms. The molecule has 140 valence electrons. The zero-order valence-electron chi connectivity index (χ0n) is 16.2. The van der Waals surface area contributed by atoms with Crippen LogP contribution in [0.3, 0.4) is 0 Å². The molecule has 0 aromatic carbocycles. The van der Waals surface area contributed by atoms with Gasteiger partial charge in [-0.1, -0.05) is 110 Å². The summed E-state index contributed by atoms with van der Waals surface area (Å²) in [7, 11) is 0. The van der Waals surface area contributed by atoms with Crippen molar-refractivity contribution in [3.8, 4) is 0 Å². The van der Waals surface area contributed by atoms with Crippen LogP contribution in [0.5, 0.6) is 0 Å². The summed E-state index contributed by atoms with van der Waals surface area (Å²) in [4.78, 5) is 0. The number of nitrogens with two attached hydrogens (primary N) is 1. The molecule has 1 atom stereocenters. The third-order valence-corrected chi connectivity index (χ3v) is 5.08. The van der Waals surface area contributed by atoms with Gasteiger partial charge in [0.05, 0.1) is 0 Å². The van der Waals surface area contributed by atoms with Gasteiger partial charge >= 0.3 is 0 Å². The molecule has 0 aliphatic carbocycles. The lowest BCUT2D eigenvalue weighted by Crippen LogP contribution is -2.35. The third kappa shape index (κ3) is 15.3. The topological polar surface area (TPSA) is 26.0 Å². The molecule has 0 aliphatic heterocycles. The van der Waals surface area contributed by atoms with E-state index in [0.29, 0.717) is 0 Å². The Balaban J connectivity index is 0. The van der Waals surface area contributed by atoms with Crippen LogP contribution in [0.15, 0.2) is 12.7 Å². The molecule has 0 amide bonds. The first-order valence-corrected chi connectivity index (χ1v) is 9.92. The second-order valence-electron chi connectivity index (χ2n) is 7.74. The summed E-state index contributed by atoms with van der Waals surface area (Å²) >= 11 is 0. The number of halogens is 1. The second kappa shape index (κ2) is 16.8. The van der Waals surface area contributed by atoms with E-state index in [0.717, 1.165) is 0 Å². The van der Waals surface area contributed by atoms with E-state index in [9.17, 15) is 0 Å². The molecule has 0 radical (unpaired) electrons. The van der Waals surface area contributed by atoms with Gasteiger partial charge in [-0.05, 0) is 11.8 Å². The van der Waals surface area contributed by atoms with Crippen molar-refractivity contribution in [1.29, 1.82) is 0 Å². The van der Waals surface area contributed by atoms with Gasteiger partial charge in [0.1, 0.15) is 0 Å². The van der Waals surface area contributed by atoms with Gasteiger partial charge in [0.25, 0.3) is 0 Å². The van der Waals surface area contributed by atoms with Crippen LogP contribution in [0.4, 0.5) is 0 Å². The van der Waals surface area contributed by atoms with Crippen molar-refractivity contribution in [2.75, 3.05) is 0 Å². The molecule has 0 aromatic rings. The maximum absolute atomic E-state index is 6.08. The SMILES string of the molecule is C=CC(N)C(C)(C)CCCCCCCCCCCCCCC.Cl. The summed E-state index contributed by atoms with van der Waals surface area (Å²) in [5.41, 5.74) is 6.29. The van der Waals surface area contributed by atoms with E-state index in [1.165, 1.54) is 89.9 Å². The van der Waals surface area contributed by atoms with E-state index in [-0.39, 0.29) is 23.9 Å². The van der Waals surface area contributed by atoms with Crippen LogP contribution in [0.25, 0.3) is 0 Å². The van der Waals surface area contributed by atoms with Crippen LogP contribution in [-0.2, 0) is 0 Å². The molecule has 23 heavy (non-hydrogen) atoms. The first-order chi connectivity index (χ1) is 10.5. The summed E-state index contributed by atoms with van der Waals surface area (Å²) in [5.74, 6) is 0. The maximum atomic E-state index is 6.08. The molecule has 0 heterocycles.